The summed E-state index contributed by atoms with van der Waals surface area (Å²) in [5.74, 6) is 0.499. The Balaban J connectivity index is 0.000000590. The number of hydrogen-bond acceptors (Lipinski definition) is 9. The van der Waals surface area contributed by atoms with Crippen molar-refractivity contribution in [1.29, 1.82) is 47.4 Å². The Morgan fingerprint density at radius 2 is 0.631 bits per heavy atom. The van der Waals surface area contributed by atoms with Crippen molar-refractivity contribution in [2.45, 2.75) is 171 Å². The van der Waals surface area contributed by atoms with Crippen LogP contribution in [0.15, 0.2) is 140 Å². The van der Waals surface area contributed by atoms with E-state index in [0.29, 0.717) is 72.4 Å². The van der Waals surface area contributed by atoms with E-state index < -0.39 is 17.6 Å². The molecule has 0 aromatic heterocycles. The number of hydrogen-bond donors (Lipinski definition) is 0. The Hall–Kier alpha value is -11.6. The first-order valence-corrected chi connectivity index (χ1v) is 33.4. The molecule has 0 saturated carbocycles. The first-order chi connectivity index (χ1) is 48.5. The van der Waals surface area contributed by atoms with Gasteiger partial charge in [-0.05, 0) is 178 Å². The fourth-order valence-electron chi connectivity index (χ4n) is 10.7. The second kappa shape index (κ2) is 44.5. The maximum atomic E-state index is 13.4. The molecule has 0 fully saturated rings. The van der Waals surface area contributed by atoms with Gasteiger partial charge in [0.15, 0.2) is 11.4 Å². The average molecular weight is 1420 g/mol. The molecule has 0 aliphatic heterocycles. The Labute approximate surface area is 616 Å². The molecule has 0 N–H and O–H groups in total. The lowest BCUT2D eigenvalue weighted by molar-refractivity contribution is -0.138. The summed E-state index contributed by atoms with van der Waals surface area (Å²) < 4.78 is 64.4. The predicted octanol–water partition coefficient (Wildman–Crippen LogP) is 25.3. The zero-order valence-corrected chi connectivity index (χ0v) is 62.5. The molecule has 0 radical (unpaired) electrons. The van der Waals surface area contributed by atoms with Gasteiger partial charge in [0.25, 0.3) is 0 Å². The molecule has 0 amide bonds. The highest BCUT2D eigenvalue weighted by Gasteiger charge is 2.35. The molecule has 0 saturated heterocycles. The minimum Gasteiger partial charge on any atom is -0.238 e. The predicted molar refractivity (Wildman–Crippen MR) is 399 cm³/mol. The normalized spacial score (nSPS) is 9.95. The van der Waals surface area contributed by atoms with E-state index in [1.165, 1.54) is 41.5 Å². The molecular formula is C85H82Cl2F5N11. The quantitative estimate of drug-likeness (QED) is 0.104. The van der Waals surface area contributed by atoms with Crippen LogP contribution in [0.4, 0.5) is 33.3 Å². The zero-order chi connectivity index (χ0) is 78.6. The van der Waals surface area contributed by atoms with Crippen molar-refractivity contribution in [3.05, 3.63) is 290 Å². The largest absolute Gasteiger partial charge is 0.416 e. The number of halogens is 7. The number of rotatable bonds is 8. The molecule has 0 aliphatic rings. The molecule has 18 heteroatoms. The van der Waals surface area contributed by atoms with Crippen molar-refractivity contribution in [2.75, 3.05) is 0 Å². The Morgan fingerprint density at radius 1 is 0.320 bits per heavy atom. The molecule has 0 heterocycles. The van der Waals surface area contributed by atoms with Gasteiger partial charge in [-0.25, -0.2) is 18.5 Å². The minimum absolute atomic E-state index is 0.0515. The molecule has 0 atom stereocenters. The lowest BCUT2D eigenvalue weighted by atomic mass is 9.92. The van der Waals surface area contributed by atoms with Crippen LogP contribution in [-0.4, -0.2) is 0 Å². The van der Waals surface area contributed by atoms with E-state index in [1.54, 1.807) is 74.5 Å². The summed E-state index contributed by atoms with van der Waals surface area (Å²) >= 11 is 11.9. The van der Waals surface area contributed by atoms with Crippen molar-refractivity contribution in [3.63, 3.8) is 0 Å². The summed E-state index contributed by atoms with van der Waals surface area (Å²) in [4.78, 5) is 6.35. The van der Waals surface area contributed by atoms with Crippen LogP contribution in [0.2, 0.25) is 10.0 Å². The summed E-state index contributed by atoms with van der Waals surface area (Å²) in [5, 5.41) is 80.3. The maximum absolute atomic E-state index is 13.4. The van der Waals surface area contributed by atoms with Gasteiger partial charge in [-0.15, -0.1) is 0 Å². The lowest BCUT2D eigenvalue weighted by Crippen LogP contribution is -2.11. The van der Waals surface area contributed by atoms with Crippen LogP contribution < -0.4 is 0 Å². The molecule has 103 heavy (non-hydrogen) atoms. The van der Waals surface area contributed by atoms with Gasteiger partial charge in [0.2, 0.25) is 0 Å². The molecule has 0 bridgehead atoms. The number of nitriles is 9. The lowest BCUT2D eigenvalue weighted by Gasteiger charge is -2.16. The van der Waals surface area contributed by atoms with Gasteiger partial charge >= 0.3 is 6.18 Å². The molecule has 0 aliphatic carbocycles. The Morgan fingerprint density at radius 3 is 0.990 bits per heavy atom. The van der Waals surface area contributed by atoms with E-state index in [2.05, 4.69) is 86.8 Å². The Bertz CT molecular complexity index is 4420. The second-order valence-corrected chi connectivity index (χ2v) is 26.1. The standard InChI is InChI=1S/C11H9ClN2.C11H10F3N.C11H9FN2.C11H10N2.C11H13N.C10H10ClN.C10H10FN.C10H11N/c1-7(2)11-8(6-13)4-9(14-3)5-10(11)12;1-7(2)10-8(6-15)4-3-5-9(10)11(12,13)14;1-7(2)11-8(6-13)4-9(14-3)5-10(11)12;1-8(2)11-9(6-12)4-3-5-10(11)7-13;1-8(2)11-9(3)5-4-6-10(11)7-12;2*1-7(2)10-8(6-12)4-3-5-9(10)11;1-8(2)10-6-4-3-5-9(10)7-11/h4-5,7H,1-2H3;3-5,7H,1-2H3;4-5,7H,1-2H3;3-5,8H,1-2H3;4-6,8H,1-3H3;2*3-5,7H,1-2H3;3-6,8H,1-2H3. The molecule has 0 unspecified atom stereocenters. The smallest absolute Gasteiger partial charge is 0.238 e. The topological polar surface area (TPSA) is 223 Å². The second-order valence-electron chi connectivity index (χ2n) is 25.3. The van der Waals surface area contributed by atoms with E-state index in [0.717, 1.165) is 39.4 Å². The molecule has 8 rings (SSSR count). The highest BCUT2D eigenvalue weighted by atomic mass is 35.5. The van der Waals surface area contributed by atoms with E-state index in [-0.39, 0.29) is 57.8 Å². The summed E-state index contributed by atoms with van der Waals surface area (Å²) in [6.45, 7) is 46.7. The van der Waals surface area contributed by atoms with E-state index >= 15 is 0 Å². The van der Waals surface area contributed by atoms with Crippen LogP contribution in [0.25, 0.3) is 9.69 Å². The highest BCUT2D eigenvalue weighted by Crippen LogP contribution is 2.37. The summed E-state index contributed by atoms with van der Waals surface area (Å²) in [5.41, 5.74) is 11.8. The van der Waals surface area contributed by atoms with Crippen LogP contribution in [0.5, 0.6) is 0 Å². The van der Waals surface area contributed by atoms with Crippen LogP contribution in [0.1, 0.15) is 264 Å². The SMILES string of the molecule is CC(C)c1c(C#N)cccc1C#N.CC(C)c1c(C#N)cccc1C(F)(F)F.CC(C)c1c(Cl)cccc1C#N.CC(C)c1c(F)cccc1C#N.CC(C)c1ccccc1C#N.Cc1cccc(C#N)c1C(C)C.[C-]#[N+]c1cc(Cl)c(C(C)C)c(C#N)c1.[C-]#[N+]c1cc(F)c(C(C)C)c(C#N)c1. The monoisotopic (exact) mass is 1420 g/mol. The van der Waals surface area contributed by atoms with Crippen molar-refractivity contribution < 1.29 is 22.0 Å². The molecular weight excluding hydrogens is 1340 g/mol. The molecule has 11 nitrogen and oxygen atoms in total. The van der Waals surface area contributed by atoms with E-state index in [4.69, 9.17) is 83.7 Å². The first kappa shape index (κ1) is 89.4. The molecule has 8 aromatic rings. The van der Waals surface area contributed by atoms with Crippen LogP contribution in [0.3, 0.4) is 0 Å². The number of nitrogens with zero attached hydrogens (tertiary/aromatic N) is 11. The van der Waals surface area contributed by atoms with Crippen molar-refractivity contribution in [3.8, 4) is 54.6 Å². The molecule has 8 aromatic carbocycles. The number of benzene rings is 8. The third kappa shape index (κ3) is 27.1. The van der Waals surface area contributed by atoms with Crippen molar-refractivity contribution in [1.82, 2.24) is 0 Å². The van der Waals surface area contributed by atoms with Gasteiger partial charge < -0.3 is 0 Å². The van der Waals surface area contributed by atoms with Gasteiger partial charge in [0.1, 0.15) is 11.6 Å². The van der Waals surface area contributed by atoms with E-state index in [1.807, 2.05) is 124 Å². The molecule has 526 valence electrons. The van der Waals surface area contributed by atoms with Crippen LogP contribution in [0, 0.1) is 134 Å². The zero-order valence-electron chi connectivity index (χ0n) is 61.0. The van der Waals surface area contributed by atoms with Gasteiger partial charge in [-0.1, -0.05) is 189 Å². The average Bonchev–Trinajstić information content (AvgIpc) is 0.811. The number of alkyl halides is 3. The van der Waals surface area contributed by atoms with Gasteiger partial charge in [-0.2, -0.15) is 60.5 Å². The number of aryl methyl sites for hydroxylation is 1. The van der Waals surface area contributed by atoms with Crippen LogP contribution >= 0.6 is 23.2 Å². The van der Waals surface area contributed by atoms with Crippen molar-refractivity contribution >= 4 is 34.6 Å². The van der Waals surface area contributed by atoms with Gasteiger partial charge in [0.05, 0.1) is 112 Å². The Kier molecular flexibility index (Phi) is 38.6. The summed E-state index contributed by atoms with van der Waals surface area (Å²) in [7, 11) is 0. The fourth-order valence-corrected chi connectivity index (χ4v) is 11.5. The molecule has 0 spiro atoms. The highest BCUT2D eigenvalue weighted by molar-refractivity contribution is 6.32. The van der Waals surface area contributed by atoms with Crippen molar-refractivity contribution in [2.24, 2.45) is 0 Å². The third-order valence-electron chi connectivity index (χ3n) is 15.1. The summed E-state index contributed by atoms with van der Waals surface area (Å²) in [6.07, 6.45) is -4.40. The summed E-state index contributed by atoms with van der Waals surface area (Å²) in [6, 6.07) is 56.7. The third-order valence-corrected chi connectivity index (χ3v) is 15.8. The van der Waals surface area contributed by atoms with Gasteiger partial charge in [0, 0.05) is 32.3 Å². The van der Waals surface area contributed by atoms with Crippen LogP contribution in [-0.2, 0) is 6.18 Å². The van der Waals surface area contributed by atoms with E-state index in [9.17, 15) is 22.0 Å². The fraction of sp³-hybridized carbons (Fsp3) is 0.306. The maximum Gasteiger partial charge on any atom is 0.416 e. The minimum atomic E-state index is -4.40. The first-order valence-electron chi connectivity index (χ1n) is 32.6. The van der Waals surface area contributed by atoms with Gasteiger partial charge in [-0.3, -0.25) is 0 Å².